The van der Waals surface area contributed by atoms with E-state index in [-0.39, 0.29) is 0 Å². The zero-order chi connectivity index (χ0) is 9.35. The first-order chi connectivity index (χ1) is 5.46. The van der Waals surface area contributed by atoms with Crippen molar-refractivity contribution in [2.75, 3.05) is 13.1 Å². The van der Waals surface area contributed by atoms with E-state index in [0.717, 1.165) is 0 Å². The van der Waals surface area contributed by atoms with Gasteiger partial charge in [0.1, 0.15) is 6.04 Å². The molecule has 1 fully saturated rings. The van der Waals surface area contributed by atoms with Crippen molar-refractivity contribution in [3.63, 3.8) is 0 Å². The van der Waals surface area contributed by atoms with Gasteiger partial charge in [-0.2, -0.15) is 0 Å². The van der Waals surface area contributed by atoms with Crippen molar-refractivity contribution in [2.45, 2.75) is 25.3 Å². The second-order valence-corrected chi connectivity index (χ2v) is 2.98. The molecule has 0 spiro atoms. The van der Waals surface area contributed by atoms with Crippen LogP contribution in [0.5, 0.6) is 0 Å². The first-order valence-corrected chi connectivity index (χ1v) is 3.81. The number of likely N-dealkylation sites (N-methyl/N-ethyl adjacent to an activating group) is 1. The molecule has 0 bridgehead atoms. The minimum atomic E-state index is -2.83. The number of alkyl halides is 2. The molecular formula is C7H11F2NO2. The van der Waals surface area contributed by atoms with Gasteiger partial charge in [0.25, 0.3) is 5.92 Å². The maximum Gasteiger partial charge on any atom is 0.321 e. The van der Waals surface area contributed by atoms with Crippen LogP contribution >= 0.6 is 0 Å². The third-order valence-corrected chi connectivity index (χ3v) is 2.06. The van der Waals surface area contributed by atoms with Crippen LogP contribution in [-0.2, 0) is 4.79 Å². The van der Waals surface area contributed by atoms with Gasteiger partial charge in [0.15, 0.2) is 0 Å². The molecule has 1 rings (SSSR count). The highest BCUT2D eigenvalue weighted by Gasteiger charge is 2.47. The number of hydrogen-bond acceptors (Lipinski definition) is 2. The Morgan fingerprint density at radius 2 is 2.33 bits per heavy atom. The van der Waals surface area contributed by atoms with Gasteiger partial charge < -0.3 is 5.11 Å². The Morgan fingerprint density at radius 3 is 2.67 bits per heavy atom. The standard InChI is InChI=1S/C7H11F2NO2/c1-2-10-4-7(8,9)3-5(10)6(11)12/h5H,2-4H2,1H3,(H,11,12)/t5-/m0/s1. The molecular weight excluding hydrogens is 168 g/mol. The monoisotopic (exact) mass is 179 g/mol. The van der Waals surface area contributed by atoms with E-state index in [1.165, 1.54) is 4.90 Å². The molecule has 1 atom stereocenters. The van der Waals surface area contributed by atoms with Gasteiger partial charge in [0, 0.05) is 6.42 Å². The molecule has 0 saturated carbocycles. The smallest absolute Gasteiger partial charge is 0.321 e. The largest absolute Gasteiger partial charge is 0.480 e. The van der Waals surface area contributed by atoms with Crippen LogP contribution in [0.1, 0.15) is 13.3 Å². The summed E-state index contributed by atoms with van der Waals surface area (Å²) in [5.41, 5.74) is 0. The predicted octanol–water partition coefficient (Wildman–Crippen LogP) is 0.800. The van der Waals surface area contributed by atoms with Crippen molar-refractivity contribution < 1.29 is 18.7 Å². The van der Waals surface area contributed by atoms with Crippen molar-refractivity contribution >= 4 is 5.97 Å². The molecule has 1 saturated heterocycles. The van der Waals surface area contributed by atoms with Gasteiger partial charge in [-0.25, -0.2) is 8.78 Å². The summed E-state index contributed by atoms with van der Waals surface area (Å²) >= 11 is 0. The van der Waals surface area contributed by atoms with Crippen LogP contribution in [0, 0.1) is 0 Å². The topological polar surface area (TPSA) is 40.5 Å². The molecule has 1 aliphatic heterocycles. The van der Waals surface area contributed by atoms with Gasteiger partial charge >= 0.3 is 5.97 Å². The SMILES string of the molecule is CCN1CC(F)(F)C[C@H]1C(=O)O. The fraction of sp³-hybridized carbons (Fsp3) is 0.857. The Kier molecular flexibility index (Phi) is 2.32. The minimum Gasteiger partial charge on any atom is -0.480 e. The van der Waals surface area contributed by atoms with Crippen molar-refractivity contribution in [1.29, 1.82) is 0 Å². The summed E-state index contributed by atoms with van der Waals surface area (Å²) in [6.45, 7) is 1.60. The second-order valence-electron chi connectivity index (χ2n) is 2.98. The number of aliphatic carboxylic acids is 1. The summed E-state index contributed by atoms with van der Waals surface area (Å²) in [4.78, 5) is 11.8. The summed E-state index contributed by atoms with van der Waals surface area (Å²) < 4.78 is 25.4. The van der Waals surface area contributed by atoms with Gasteiger partial charge in [-0.3, -0.25) is 9.69 Å². The average Bonchev–Trinajstić information content (AvgIpc) is 2.25. The van der Waals surface area contributed by atoms with Crippen LogP contribution in [0.25, 0.3) is 0 Å². The number of halogens is 2. The van der Waals surface area contributed by atoms with E-state index in [1.54, 1.807) is 6.92 Å². The van der Waals surface area contributed by atoms with Crippen LogP contribution in [0.3, 0.4) is 0 Å². The molecule has 1 N–H and O–H groups in total. The molecule has 0 aromatic carbocycles. The lowest BCUT2D eigenvalue weighted by molar-refractivity contribution is -0.142. The van der Waals surface area contributed by atoms with Crippen LogP contribution in [0.2, 0.25) is 0 Å². The zero-order valence-corrected chi connectivity index (χ0v) is 6.76. The lowest BCUT2D eigenvalue weighted by Gasteiger charge is -2.16. The first-order valence-electron chi connectivity index (χ1n) is 3.81. The van der Waals surface area contributed by atoms with Crippen LogP contribution < -0.4 is 0 Å². The van der Waals surface area contributed by atoms with Crippen LogP contribution in [0.4, 0.5) is 8.78 Å². The first kappa shape index (κ1) is 9.38. The fourth-order valence-electron chi connectivity index (χ4n) is 1.46. The minimum absolute atomic E-state index is 0.354. The number of carboxylic acids is 1. The van der Waals surface area contributed by atoms with Gasteiger partial charge in [-0.05, 0) is 6.54 Å². The highest BCUT2D eigenvalue weighted by atomic mass is 19.3. The zero-order valence-electron chi connectivity index (χ0n) is 6.76. The predicted molar refractivity (Wildman–Crippen MR) is 38.2 cm³/mol. The molecule has 5 heteroatoms. The number of nitrogens with zero attached hydrogens (tertiary/aromatic N) is 1. The lowest BCUT2D eigenvalue weighted by atomic mass is 10.2. The van der Waals surface area contributed by atoms with Crippen LogP contribution in [0.15, 0.2) is 0 Å². The number of rotatable bonds is 2. The number of likely N-dealkylation sites (tertiary alicyclic amines) is 1. The second kappa shape index (κ2) is 2.97. The van der Waals surface area contributed by atoms with Gasteiger partial charge in [-0.15, -0.1) is 0 Å². The summed E-state index contributed by atoms with van der Waals surface area (Å²) in [7, 11) is 0. The van der Waals surface area contributed by atoms with E-state index in [0.29, 0.717) is 6.54 Å². The summed E-state index contributed by atoms with van der Waals surface area (Å²) in [6, 6.07) is -1.01. The van der Waals surface area contributed by atoms with Crippen molar-refractivity contribution in [2.24, 2.45) is 0 Å². The number of carbonyl (C=O) groups is 1. The van der Waals surface area contributed by atoms with Gasteiger partial charge in [0.2, 0.25) is 0 Å². The third-order valence-electron chi connectivity index (χ3n) is 2.06. The Morgan fingerprint density at radius 1 is 1.75 bits per heavy atom. The molecule has 12 heavy (non-hydrogen) atoms. The van der Waals surface area contributed by atoms with Gasteiger partial charge in [-0.1, -0.05) is 6.92 Å². The summed E-state index contributed by atoms with van der Waals surface area (Å²) in [5, 5.41) is 8.57. The van der Waals surface area contributed by atoms with E-state index < -0.39 is 30.9 Å². The molecule has 0 aliphatic carbocycles. The van der Waals surface area contributed by atoms with Gasteiger partial charge in [0.05, 0.1) is 6.54 Å². The molecule has 0 radical (unpaired) electrons. The maximum atomic E-state index is 12.7. The Bertz CT molecular complexity index is 196. The Balaban J connectivity index is 2.69. The molecule has 0 aromatic heterocycles. The molecule has 1 aliphatic rings. The number of hydrogen-bond donors (Lipinski definition) is 1. The van der Waals surface area contributed by atoms with Crippen molar-refractivity contribution in [1.82, 2.24) is 4.90 Å². The van der Waals surface area contributed by atoms with Crippen LogP contribution in [-0.4, -0.2) is 41.0 Å². The van der Waals surface area contributed by atoms with E-state index in [2.05, 4.69) is 0 Å². The molecule has 0 amide bonds. The highest BCUT2D eigenvalue weighted by Crippen LogP contribution is 2.31. The average molecular weight is 179 g/mol. The normalized spacial score (nSPS) is 29.1. The molecule has 3 nitrogen and oxygen atoms in total. The molecule has 1 heterocycles. The fourth-order valence-corrected chi connectivity index (χ4v) is 1.46. The lowest BCUT2D eigenvalue weighted by Crippen LogP contribution is -2.35. The van der Waals surface area contributed by atoms with E-state index in [1.807, 2.05) is 0 Å². The Hall–Kier alpha value is -0.710. The third kappa shape index (κ3) is 1.72. The van der Waals surface area contributed by atoms with Crippen molar-refractivity contribution in [3.05, 3.63) is 0 Å². The summed E-state index contributed by atoms with van der Waals surface area (Å²) in [6.07, 6.45) is -0.559. The summed E-state index contributed by atoms with van der Waals surface area (Å²) in [5.74, 6) is -3.99. The van der Waals surface area contributed by atoms with E-state index >= 15 is 0 Å². The maximum absolute atomic E-state index is 12.7. The van der Waals surface area contributed by atoms with E-state index in [9.17, 15) is 13.6 Å². The molecule has 0 unspecified atom stereocenters. The quantitative estimate of drug-likeness (QED) is 0.681. The highest BCUT2D eigenvalue weighted by molar-refractivity contribution is 5.74. The molecule has 0 aromatic rings. The molecule has 70 valence electrons. The Labute approximate surface area is 69.0 Å². The van der Waals surface area contributed by atoms with Crippen molar-refractivity contribution in [3.8, 4) is 0 Å². The van der Waals surface area contributed by atoms with E-state index in [4.69, 9.17) is 5.11 Å². The number of carboxylic acid groups (broad SMARTS) is 1.